The number of benzene rings is 1. The lowest BCUT2D eigenvalue weighted by Crippen LogP contribution is -2.57. The minimum absolute atomic E-state index is 0.0852. The van der Waals surface area contributed by atoms with E-state index in [9.17, 15) is 9.59 Å². The van der Waals surface area contributed by atoms with Crippen molar-refractivity contribution in [1.29, 1.82) is 0 Å². The second kappa shape index (κ2) is 12.2. The second-order valence-corrected chi connectivity index (χ2v) is 9.89. The molecule has 2 aliphatic rings. The Labute approximate surface area is 228 Å². The Kier molecular flexibility index (Phi) is 8.36. The van der Waals surface area contributed by atoms with E-state index in [1.54, 1.807) is 23.3 Å². The van der Waals surface area contributed by atoms with E-state index in [1.165, 1.54) is 0 Å². The van der Waals surface area contributed by atoms with Crippen molar-refractivity contribution < 1.29 is 19.1 Å². The number of nitrogens with one attached hydrogen (secondary N) is 1. The Hall–Kier alpha value is -3.99. The highest BCUT2D eigenvalue weighted by molar-refractivity contribution is 5.80. The van der Waals surface area contributed by atoms with E-state index in [-0.39, 0.29) is 30.2 Å². The van der Waals surface area contributed by atoms with E-state index in [0.29, 0.717) is 51.9 Å². The monoisotopic (exact) mass is 533 g/mol. The van der Waals surface area contributed by atoms with Gasteiger partial charge in [0.25, 0.3) is 0 Å². The molecule has 2 fully saturated rings. The Balaban J connectivity index is 1.31. The molecule has 206 valence electrons. The molecule has 1 aromatic carbocycles. The summed E-state index contributed by atoms with van der Waals surface area (Å²) in [5, 5.41) is 3.04. The minimum atomic E-state index is -0.240. The average molecular weight is 534 g/mol. The third-order valence-electron chi connectivity index (χ3n) is 7.08. The molecule has 2 atom stereocenters. The van der Waals surface area contributed by atoms with Gasteiger partial charge in [-0.05, 0) is 38.0 Å². The minimum Gasteiger partial charge on any atom is -0.494 e. The molecular weight excluding hydrogens is 498 g/mol. The third-order valence-corrected chi connectivity index (χ3v) is 7.08. The molecular formula is C28H35N7O4. The first-order valence-electron chi connectivity index (χ1n) is 13.5. The van der Waals surface area contributed by atoms with E-state index in [0.717, 1.165) is 29.2 Å². The largest absolute Gasteiger partial charge is 0.494 e. The second-order valence-electron chi connectivity index (χ2n) is 9.89. The Morgan fingerprint density at radius 1 is 1.18 bits per heavy atom. The lowest BCUT2D eigenvalue weighted by molar-refractivity contribution is -0.137. The maximum Gasteiger partial charge on any atom is 0.237 e. The molecule has 0 aliphatic carbocycles. The average Bonchev–Trinajstić information content (AvgIpc) is 3.67. The molecule has 2 aromatic heterocycles. The van der Waals surface area contributed by atoms with Crippen molar-refractivity contribution in [3.8, 4) is 11.7 Å². The van der Waals surface area contributed by atoms with E-state index >= 15 is 0 Å². The molecule has 2 amide bonds. The summed E-state index contributed by atoms with van der Waals surface area (Å²) in [5.74, 6) is 1.95. The molecule has 11 heteroatoms. The van der Waals surface area contributed by atoms with Crippen molar-refractivity contribution in [3.63, 3.8) is 0 Å². The number of carbonyl (C=O) groups excluding carboxylic acids is 2. The van der Waals surface area contributed by atoms with Gasteiger partial charge in [-0.2, -0.15) is 4.98 Å². The summed E-state index contributed by atoms with van der Waals surface area (Å²) in [6.07, 6.45) is 6.10. The molecule has 5 rings (SSSR count). The summed E-state index contributed by atoms with van der Waals surface area (Å²) in [5.41, 5.74) is 1.80. The number of aromatic nitrogens is 4. The van der Waals surface area contributed by atoms with Crippen molar-refractivity contribution in [2.75, 3.05) is 44.4 Å². The number of anilines is 1. The van der Waals surface area contributed by atoms with Gasteiger partial charge in [-0.1, -0.05) is 12.1 Å². The predicted octanol–water partition coefficient (Wildman–Crippen LogP) is 2.13. The van der Waals surface area contributed by atoms with Crippen LogP contribution in [0, 0.1) is 12.8 Å². The molecule has 2 unspecified atom stereocenters. The lowest BCUT2D eigenvalue weighted by Gasteiger charge is -2.42. The number of nitrogens with zero attached hydrogens (tertiary/aromatic N) is 6. The van der Waals surface area contributed by atoms with Crippen molar-refractivity contribution in [2.45, 2.75) is 39.3 Å². The summed E-state index contributed by atoms with van der Waals surface area (Å²) < 4.78 is 12.7. The third kappa shape index (κ3) is 6.54. The standard InChI is InChI=1S/C28H35N7O4/c1-3-39-24-6-4-21(5-7-24)16-30-26(36)15-23-17-33(27(37)22-8-13-38-18-22)11-12-35(23)25-14-20(2)31-28(32-25)34-10-9-29-19-34/h4-7,9-10,14,19,22-23H,3,8,11-13,15-18H2,1-2H3,(H,30,36). The summed E-state index contributed by atoms with van der Waals surface area (Å²) in [6, 6.07) is 9.38. The first kappa shape index (κ1) is 26.6. The zero-order chi connectivity index (χ0) is 27.2. The molecule has 0 bridgehead atoms. The number of ether oxygens (including phenoxy) is 2. The van der Waals surface area contributed by atoms with Crippen LogP contribution in [0.3, 0.4) is 0 Å². The smallest absolute Gasteiger partial charge is 0.237 e. The predicted molar refractivity (Wildman–Crippen MR) is 145 cm³/mol. The highest BCUT2D eigenvalue weighted by Crippen LogP contribution is 2.25. The van der Waals surface area contributed by atoms with Crippen molar-refractivity contribution in [2.24, 2.45) is 5.92 Å². The van der Waals surface area contributed by atoms with Crippen LogP contribution in [0.25, 0.3) is 5.95 Å². The van der Waals surface area contributed by atoms with Gasteiger partial charge < -0.3 is 24.6 Å². The summed E-state index contributed by atoms with van der Waals surface area (Å²) in [7, 11) is 0. The maximum absolute atomic E-state index is 13.2. The van der Waals surface area contributed by atoms with E-state index < -0.39 is 0 Å². The Bertz CT molecular complexity index is 1260. The van der Waals surface area contributed by atoms with Crippen molar-refractivity contribution in [1.82, 2.24) is 29.7 Å². The fourth-order valence-electron chi connectivity index (χ4n) is 5.05. The SMILES string of the molecule is CCOc1ccc(CNC(=O)CC2CN(C(=O)C3CCOC3)CCN2c2cc(C)nc(-n3ccnc3)n2)cc1. The number of aryl methyl sites for hydroxylation is 1. The number of amides is 2. The molecule has 0 radical (unpaired) electrons. The van der Waals surface area contributed by atoms with Crippen LogP contribution in [0.2, 0.25) is 0 Å². The van der Waals surface area contributed by atoms with Crippen LogP contribution < -0.4 is 15.0 Å². The van der Waals surface area contributed by atoms with Crippen molar-refractivity contribution >= 4 is 17.6 Å². The van der Waals surface area contributed by atoms with Gasteiger partial charge in [0, 0.05) is 63.4 Å². The van der Waals surface area contributed by atoms with Gasteiger partial charge in [-0.15, -0.1) is 0 Å². The van der Waals surface area contributed by atoms with Crippen LogP contribution in [0.1, 0.15) is 31.0 Å². The molecule has 2 saturated heterocycles. The van der Waals surface area contributed by atoms with Gasteiger partial charge in [-0.25, -0.2) is 9.97 Å². The van der Waals surface area contributed by atoms with E-state index in [4.69, 9.17) is 14.5 Å². The molecule has 4 heterocycles. The summed E-state index contributed by atoms with van der Waals surface area (Å²) >= 11 is 0. The van der Waals surface area contributed by atoms with Crippen LogP contribution >= 0.6 is 0 Å². The van der Waals surface area contributed by atoms with Gasteiger partial charge >= 0.3 is 0 Å². The Morgan fingerprint density at radius 3 is 2.74 bits per heavy atom. The molecule has 11 nitrogen and oxygen atoms in total. The van der Waals surface area contributed by atoms with Gasteiger partial charge in [-0.3, -0.25) is 14.2 Å². The molecule has 3 aromatic rings. The van der Waals surface area contributed by atoms with Crippen LogP contribution in [0.4, 0.5) is 5.82 Å². The number of piperazine rings is 1. The molecule has 2 aliphatic heterocycles. The first-order chi connectivity index (χ1) is 19.0. The van der Waals surface area contributed by atoms with Gasteiger partial charge in [0.05, 0.1) is 25.2 Å². The van der Waals surface area contributed by atoms with Gasteiger partial charge in [0.2, 0.25) is 17.8 Å². The van der Waals surface area contributed by atoms with Crippen LogP contribution in [-0.2, 0) is 20.9 Å². The zero-order valence-corrected chi connectivity index (χ0v) is 22.5. The molecule has 39 heavy (non-hydrogen) atoms. The molecule has 1 N–H and O–H groups in total. The van der Waals surface area contributed by atoms with E-state index in [1.807, 2.05) is 49.1 Å². The number of hydrogen-bond acceptors (Lipinski definition) is 8. The van der Waals surface area contributed by atoms with Gasteiger partial charge in [0.1, 0.15) is 17.9 Å². The summed E-state index contributed by atoms with van der Waals surface area (Å²) in [4.78, 5) is 43.8. The zero-order valence-electron chi connectivity index (χ0n) is 22.5. The number of rotatable bonds is 9. The molecule has 0 spiro atoms. The quantitative estimate of drug-likeness (QED) is 0.445. The number of imidazole rings is 1. The van der Waals surface area contributed by atoms with Crippen LogP contribution in [0.5, 0.6) is 5.75 Å². The fraction of sp³-hybridized carbons (Fsp3) is 0.464. The highest BCUT2D eigenvalue weighted by Gasteiger charge is 2.35. The summed E-state index contributed by atoms with van der Waals surface area (Å²) in [6.45, 7) is 7.53. The van der Waals surface area contributed by atoms with Crippen LogP contribution in [0.15, 0.2) is 49.1 Å². The molecule has 0 saturated carbocycles. The highest BCUT2D eigenvalue weighted by atomic mass is 16.5. The van der Waals surface area contributed by atoms with Crippen LogP contribution in [-0.4, -0.2) is 81.7 Å². The number of carbonyl (C=O) groups is 2. The topological polar surface area (TPSA) is 115 Å². The maximum atomic E-state index is 13.2. The normalized spacial score (nSPS) is 19.2. The number of hydrogen-bond donors (Lipinski definition) is 1. The van der Waals surface area contributed by atoms with Crippen molar-refractivity contribution in [3.05, 3.63) is 60.3 Å². The van der Waals surface area contributed by atoms with E-state index in [2.05, 4.69) is 20.2 Å². The Morgan fingerprint density at radius 2 is 2.03 bits per heavy atom. The van der Waals surface area contributed by atoms with Gasteiger partial charge in [0.15, 0.2) is 0 Å². The lowest BCUT2D eigenvalue weighted by atomic mass is 10.0. The first-order valence-corrected chi connectivity index (χ1v) is 13.5. The fourth-order valence-corrected chi connectivity index (χ4v) is 5.05.